The van der Waals surface area contributed by atoms with E-state index in [2.05, 4.69) is 10.3 Å². The summed E-state index contributed by atoms with van der Waals surface area (Å²) in [5.74, 6) is 0.876. The van der Waals surface area contributed by atoms with Crippen LogP contribution in [0.2, 0.25) is 0 Å². The molecule has 0 aliphatic carbocycles. The number of aromatic nitrogens is 1. The highest BCUT2D eigenvalue weighted by Gasteiger charge is 2.29. The molecule has 1 N–H and O–H groups in total. The number of amides is 2. The van der Waals surface area contributed by atoms with Crippen LogP contribution in [0.4, 0.5) is 5.82 Å². The van der Waals surface area contributed by atoms with Gasteiger partial charge in [-0.1, -0.05) is 12.1 Å². The molecule has 1 fully saturated rings. The summed E-state index contributed by atoms with van der Waals surface area (Å²) in [5, 5.41) is 2.88. The third-order valence-electron chi connectivity index (χ3n) is 4.98. The van der Waals surface area contributed by atoms with Crippen molar-refractivity contribution in [1.82, 2.24) is 9.88 Å². The van der Waals surface area contributed by atoms with Gasteiger partial charge in [0.2, 0.25) is 5.91 Å². The van der Waals surface area contributed by atoms with E-state index in [0.717, 1.165) is 5.56 Å². The Bertz CT molecular complexity index is 847. The quantitative estimate of drug-likeness (QED) is 0.727. The highest BCUT2D eigenvalue weighted by molar-refractivity contribution is 5.97. The van der Waals surface area contributed by atoms with Crippen molar-refractivity contribution < 1.29 is 19.1 Å². The number of carbonyl (C=O) groups excluding carboxylic acids is 2. The lowest BCUT2D eigenvalue weighted by molar-refractivity contribution is -0.121. The van der Waals surface area contributed by atoms with Crippen molar-refractivity contribution in [2.45, 2.75) is 19.8 Å². The molecule has 29 heavy (non-hydrogen) atoms. The number of methoxy groups -OCH3 is 1. The van der Waals surface area contributed by atoms with Crippen molar-refractivity contribution in [3.63, 3.8) is 0 Å². The Morgan fingerprint density at radius 2 is 1.93 bits per heavy atom. The fourth-order valence-electron chi connectivity index (χ4n) is 3.35. The minimum absolute atomic E-state index is 0.0431. The minimum atomic E-state index is -0.130. The largest absolute Gasteiger partial charge is 0.490 e. The number of ether oxygens (including phenoxy) is 2. The number of anilines is 1. The molecule has 0 saturated carbocycles. The van der Waals surface area contributed by atoms with Crippen molar-refractivity contribution in [3.8, 4) is 5.75 Å². The molecular weight excluding hydrogens is 370 g/mol. The van der Waals surface area contributed by atoms with E-state index in [1.54, 1.807) is 30.3 Å². The molecule has 1 aromatic carbocycles. The summed E-state index contributed by atoms with van der Waals surface area (Å²) in [4.78, 5) is 31.5. The van der Waals surface area contributed by atoms with Gasteiger partial charge < -0.3 is 19.7 Å². The van der Waals surface area contributed by atoms with Crippen LogP contribution in [0.5, 0.6) is 5.75 Å². The summed E-state index contributed by atoms with van der Waals surface area (Å²) in [5.41, 5.74) is 1.58. The van der Waals surface area contributed by atoms with Gasteiger partial charge in [-0.2, -0.15) is 0 Å². The molecule has 3 rings (SSSR count). The fraction of sp³-hybridized carbons (Fsp3) is 0.409. The van der Waals surface area contributed by atoms with Crippen LogP contribution in [0, 0.1) is 12.8 Å². The summed E-state index contributed by atoms with van der Waals surface area (Å²) >= 11 is 0. The molecule has 2 heterocycles. The molecule has 1 aliphatic rings. The number of pyridine rings is 1. The molecule has 1 aliphatic heterocycles. The lowest BCUT2D eigenvalue weighted by Crippen LogP contribution is -2.41. The van der Waals surface area contributed by atoms with Crippen molar-refractivity contribution in [1.29, 1.82) is 0 Å². The summed E-state index contributed by atoms with van der Waals surface area (Å²) in [7, 11) is 1.61. The van der Waals surface area contributed by atoms with Crippen LogP contribution in [0.3, 0.4) is 0 Å². The average molecular weight is 397 g/mol. The third-order valence-corrected chi connectivity index (χ3v) is 4.98. The fourth-order valence-corrected chi connectivity index (χ4v) is 3.35. The number of piperidine rings is 1. The lowest BCUT2D eigenvalue weighted by Gasteiger charge is -2.31. The standard InChI is InChI=1S/C22H27N3O4/c1-16-7-10-23-20(15-16)24-21(26)17-8-11-25(12-9-17)22(27)18-5-3-4-6-19(18)29-14-13-28-2/h3-7,10,15,17H,8-9,11-14H2,1-2H3,(H,23,24,26). The van der Waals surface area contributed by atoms with Gasteiger partial charge >= 0.3 is 0 Å². The number of aryl methyl sites for hydroxylation is 1. The first-order valence-electron chi connectivity index (χ1n) is 9.82. The second-order valence-corrected chi connectivity index (χ2v) is 7.11. The van der Waals surface area contributed by atoms with Gasteiger partial charge in [-0.25, -0.2) is 4.98 Å². The van der Waals surface area contributed by atoms with Crippen LogP contribution in [-0.4, -0.2) is 55.1 Å². The molecule has 1 saturated heterocycles. The number of nitrogens with zero attached hydrogens (tertiary/aromatic N) is 2. The Kier molecular flexibility index (Phi) is 7.19. The molecule has 7 nitrogen and oxygen atoms in total. The Balaban J connectivity index is 1.56. The maximum atomic E-state index is 13.0. The third kappa shape index (κ3) is 5.54. The number of carbonyl (C=O) groups is 2. The van der Waals surface area contributed by atoms with Gasteiger partial charge in [0.1, 0.15) is 18.2 Å². The Hall–Kier alpha value is -2.93. The van der Waals surface area contributed by atoms with E-state index in [0.29, 0.717) is 56.3 Å². The molecular formula is C22H27N3O4. The number of benzene rings is 1. The smallest absolute Gasteiger partial charge is 0.257 e. The van der Waals surface area contributed by atoms with Crippen molar-refractivity contribution in [2.24, 2.45) is 5.92 Å². The highest BCUT2D eigenvalue weighted by atomic mass is 16.5. The van der Waals surface area contributed by atoms with E-state index in [9.17, 15) is 9.59 Å². The van der Waals surface area contributed by atoms with Crippen molar-refractivity contribution in [3.05, 3.63) is 53.7 Å². The molecule has 154 valence electrons. The SMILES string of the molecule is COCCOc1ccccc1C(=O)N1CCC(C(=O)Nc2cc(C)ccn2)CC1. The van der Waals surface area contributed by atoms with Gasteiger partial charge in [-0.05, 0) is 49.6 Å². The molecule has 7 heteroatoms. The van der Waals surface area contributed by atoms with Crippen LogP contribution in [-0.2, 0) is 9.53 Å². The first-order valence-corrected chi connectivity index (χ1v) is 9.82. The van der Waals surface area contributed by atoms with E-state index in [-0.39, 0.29) is 17.7 Å². The summed E-state index contributed by atoms with van der Waals surface area (Å²) in [6.07, 6.45) is 2.92. The van der Waals surface area contributed by atoms with Gasteiger partial charge in [0.05, 0.1) is 12.2 Å². The Morgan fingerprint density at radius 1 is 1.17 bits per heavy atom. The van der Waals surface area contributed by atoms with Crippen LogP contribution < -0.4 is 10.1 Å². The number of hydrogen-bond donors (Lipinski definition) is 1. The van der Waals surface area contributed by atoms with Crippen molar-refractivity contribution in [2.75, 3.05) is 38.7 Å². The van der Waals surface area contributed by atoms with E-state index in [1.165, 1.54) is 0 Å². The molecule has 0 unspecified atom stereocenters. The molecule has 2 aromatic rings. The first kappa shape index (κ1) is 20.8. The van der Waals surface area contributed by atoms with Gasteiger partial charge in [0.25, 0.3) is 5.91 Å². The van der Waals surface area contributed by atoms with Gasteiger partial charge in [-0.3, -0.25) is 9.59 Å². The van der Waals surface area contributed by atoms with E-state index < -0.39 is 0 Å². The predicted octanol–water partition coefficient (Wildman–Crippen LogP) is 2.91. The molecule has 0 radical (unpaired) electrons. The van der Waals surface area contributed by atoms with E-state index >= 15 is 0 Å². The predicted molar refractivity (Wildman–Crippen MR) is 110 cm³/mol. The lowest BCUT2D eigenvalue weighted by atomic mass is 9.95. The van der Waals surface area contributed by atoms with Crippen LogP contribution in [0.15, 0.2) is 42.6 Å². The van der Waals surface area contributed by atoms with E-state index in [1.807, 2.05) is 31.2 Å². The summed E-state index contributed by atoms with van der Waals surface area (Å²) in [6, 6.07) is 11.0. The second-order valence-electron chi connectivity index (χ2n) is 7.11. The summed E-state index contributed by atoms with van der Waals surface area (Å²) < 4.78 is 10.7. The Labute approximate surface area is 171 Å². The first-order chi connectivity index (χ1) is 14.1. The van der Waals surface area contributed by atoms with Crippen LogP contribution >= 0.6 is 0 Å². The number of likely N-dealkylation sites (tertiary alicyclic amines) is 1. The molecule has 1 aromatic heterocycles. The molecule has 2 amide bonds. The average Bonchev–Trinajstić information content (AvgIpc) is 2.74. The zero-order chi connectivity index (χ0) is 20.6. The van der Waals surface area contributed by atoms with Gasteiger partial charge in [0.15, 0.2) is 0 Å². The number of nitrogens with one attached hydrogen (secondary N) is 1. The Morgan fingerprint density at radius 3 is 2.66 bits per heavy atom. The number of rotatable bonds is 7. The number of hydrogen-bond acceptors (Lipinski definition) is 5. The minimum Gasteiger partial charge on any atom is -0.490 e. The monoisotopic (exact) mass is 397 g/mol. The van der Waals surface area contributed by atoms with Crippen LogP contribution in [0.1, 0.15) is 28.8 Å². The topological polar surface area (TPSA) is 80.8 Å². The van der Waals surface area contributed by atoms with Gasteiger partial charge in [0, 0.05) is 32.3 Å². The highest BCUT2D eigenvalue weighted by Crippen LogP contribution is 2.24. The second kappa shape index (κ2) is 10.0. The van der Waals surface area contributed by atoms with Gasteiger partial charge in [-0.15, -0.1) is 0 Å². The maximum Gasteiger partial charge on any atom is 0.257 e. The summed E-state index contributed by atoms with van der Waals surface area (Å²) in [6.45, 7) is 3.86. The maximum absolute atomic E-state index is 13.0. The normalized spacial score (nSPS) is 14.5. The molecule has 0 atom stereocenters. The van der Waals surface area contributed by atoms with Crippen molar-refractivity contribution >= 4 is 17.6 Å². The zero-order valence-electron chi connectivity index (χ0n) is 16.9. The molecule has 0 spiro atoms. The molecule has 0 bridgehead atoms. The number of para-hydroxylation sites is 1. The zero-order valence-corrected chi connectivity index (χ0v) is 16.9. The van der Waals surface area contributed by atoms with Crippen LogP contribution in [0.25, 0.3) is 0 Å². The van der Waals surface area contributed by atoms with E-state index in [4.69, 9.17) is 9.47 Å².